The van der Waals surface area contributed by atoms with E-state index >= 15 is 0 Å². The van der Waals surface area contributed by atoms with Gasteiger partial charge in [-0.2, -0.15) is 0 Å². The largest absolute Gasteiger partial charge is 0.381 e. The Morgan fingerprint density at radius 2 is 1.85 bits per heavy atom. The molecular formula is C31H47N7O3. The lowest BCUT2D eigenvalue weighted by molar-refractivity contribution is -0.121. The molecule has 224 valence electrons. The maximum atomic E-state index is 11.7. The quantitative estimate of drug-likeness (QED) is 0.204. The molecule has 2 heterocycles. The van der Waals surface area contributed by atoms with Gasteiger partial charge in [0.25, 0.3) is 0 Å². The number of likely N-dealkylation sites (N-methyl/N-ethyl adjacent to an activating group) is 1. The average molecular weight is 566 g/mol. The average Bonchev–Trinajstić information content (AvgIpc) is 2.98. The first-order chi connectivity index (χ1) is 19.9. The smallest absolute Gasteiger partial charge is 0.234 e. The third kappa shape index (κ3) is 14.8. The van der Waals surface area contributed by atoms with Gasteiger partial charge in [0.2, 0.25) is 5.91 Å². The van der Waals surface area contributed by atoms with E-state index in [9.17, 15) is 9.59 Å². The number of amides is 1. The van der Waals surface area contributed by atoms with Crippen LogP contribution >= 0.6 is 0 Å². The van der Waals surface area contributed by atoms with Crippen molar-refractivity contribution in [1.29, 1.82) is 0 Å². The Balaban J connectivity index is 0.00000210. The molecule has 2 aromatic rings. The predicted molar refractivity (Wildman–Crippen MR) is 170 cm³/mol. The highest BCUT2D eigenvalue weighted by Crippen LogP contribution is 2.24. The van der Waals surface area contributed by atoms with Crippen molar-refractivity contribution in [2.24, 2.45) is 5.73 Å². The fourth-order valence-electron chi connectivity index (χ4n) is 3.50. The van der Waals surface area contributed by atoms with Gasteiger partial charge in [-0.1, -0.05) is 30.9 Å². The van der Waals surface area contributed by atoms with Crippen molar-refractivity contribution in [2.45, 2.75) is 39.2 Å². The van der Waals surface area contributed by atoms with Gasteiger partial charge in [0.1, 0.15) is 11.5 Å². The first-order valence-corrected chi connectivity index (χ1v) is 13.5. The standard InChI is InChI=1S/C25H32N6O3.C3H6.C2H4.CH5N/c1-4-21-24(27-19-10-13-34-14-11-19)30-25(22(17-32)29-21)28-20-9-5-7-18(15-20)8-6-12-26-23(33)16-31(2)3;1-3-2;2*1-2/h5,7,9,15,17,19H,4,10-14,16H2,1-3H3,(H,26,33)(H2,27,28,30);3H,1H2,2H3;1-2H2;2H2,1H3. The highest BCUT2D eigenvalue weighted by Gasteiger charge is 2.18. The molecular weight excluding hydrogens is 518 g/mol. The minimum Gasteiger partial charge on any atom is -0.381 e. The second-order valence-corrected chi connectivity index (χ2v) is 8.69. The minimum absolute atomic E-state index is 0.0737. The number of aryl methyl sites for hydroxylation is 1. The van der Waals surface area contributed by atoms with E-state index in [1.54, 1.807) is 11.0 Å². The van der Waals surface area contributed by atoms with E-state index in [1.807, 2.05) is 52.2 Å². The summed E-state index contributed by atoms with van der Waals surface area (Å²) in [5, 5.41) is 9.45. The topological polar surface area (TPSA) is 134 Å². The van der Waals surface area contributed by atoms with Crippen molar-refractivity contribution in [3.63, 3.8) is 0 Å². The summed E-state index contributed by atoms with van der Waals surface area (Å²) in [6.07, 6.45) is 4.93. The Labute approximate surface area is 245 Å². The lowest BCUT2D eigenvalue weighted by atomic mass is 10.1. The van der Waals surface area contributed by atoms with Gasteiger partial charge in [-0.25, -0.2) is 9.97 Å². The fraction of sp³-hybridized carbons (Fsp3) is 0.419. The molecule has 0 spiro atoms. The van der Waals surface area contributed by atoms with Gasteiger partial charge in [0.15, 0.2) is 12.1 Å². The third-order valence-electron chi connectivity index (χ3n) is 5.20. The van der Waals surface area contributed by atoms with Crippen LogP contribution in [0.5, 0.6) is 0 Å². The normalized spacial score (nSPS) is 11.9. The third-order valence-corrected chi connectivity index (χ3v) is 5.20. The zero-order valence-corrected chi connectivity index (χ0v) is 25.3. The van der Waals surface area contributed by atoms with Crippen molar-refractivity contribution >= 4 is 29.5 Å². The van der Waals surface area contributed by atoms with Gasteiger partial charge in [0.05, 0.1) is 18.8 Å². The molecule has 1 aliphatic heterocycles. The molecule has 0 atom stereocenters. The molecule has 1 saturated heterocycles. The summed E-state index contributed by atoms with van der Waals surface area (Å²) in [6.45, 7) is 15.3. The number of anilines is 3. The number of nitrogens with two attached hydrogens (primary N) is 1. The number of allylic oxidation sites excluding steroid dienone is 1. The van der Waals surface area contributed by atoms with Crippen molar-refractivity contribution < 1.29 is 14.3 Å². The SMILES string of the molecule is C=C.C=CC.CCc1nc(C=O)c(Nc2cccc(C#CCNC(=O)CN(C)C)c2)nc1NC1CCOCC1.CN. The van der Waals surface area contributed by atoms with E-state index in [1.165, 1.54) is 7.05 Å². The maximum Gasteiger partial charge on any atom is 0.234 e. The second kappa shape index (κ2) is 22.7. The molecule has 0 bridgehead atoms. The minimum atomic E-state index is -0.0737. The highest BCUT2D eigenvalue weighted by molar-refractivity contribution is 5.82. The van der Waals surface area contributed by atoms with Gasteiger partial charge < -0.3 is 31.3 Å². The van der Waals surface area contributed by atoms with Crippen LogP contribution in [0.3, 0.4) is 0 Å². The van der Waals surface area contributed by atoms with Gasteiger partial charge in [0, 0.05) is 30.5 Å². The summed E-state index contributed by atoms with van der Waals surface area (Å²) >= 11 is 0. The monoisotopic (exact) mass is 565 g/mol. The van der Waals surface area contributed by atoms with Crippen LogP contribution in [0, 0.1) is 11.8 Å². The molecule has 10 nitrogen and oxygen atoms in total. The molecule has 1 aromatic carbocycles. The summed E-state index contributed by atoms with van der Waals surface area (Å²) in [5.41, 5.74) is 7.03. The molecule has 5 N–H and O–H groups in total. The molecule has 1 fully saturated rings. The summed E-state index contributed by atoms with van der Waals surface area (Å²) in [7, 11) is 5.17. The molecule has 3 rings (SSSR count). The summed E-state index contributed by atoms with van der Waals surface area (Å²) < 4.78 is 5.44. The van der Waals surface area contributed by atoms with E-state index in [-0.39, 0.29) is 24.2 Å². The first-order valence-electron chi connectivity index (χ1n) is 13.5. The van der Waals surface area contributed by atoms with Crippen LogP contribution in [0.4, 0.5) is 17.3 Å². The van der Waals surface area contributed by atoms with Gasteiger partial charge >= 0.3 is 0 Å². The van der Waals surface area contributed by atoms with E-state index in [4.69, 9.17) is 9.72 Å². The van der Waals surface area contributed by atoms with Crippen LogP contribution in [0.25, 0.3) is 0 Å². The molecule has 0 unspecified atom stereocenters. The van der Waals surface area contributed by atoms with E-state index < -0.39 is 0 Å². The van der Waals surface area contributed by atoms with E-state index in [0.29, 0.717) is 30.9 Å². The Morgan fingerprint density at radius 3 is 2.44 bits per heavy atom. The number of nitrogens with zero attached hydrogens (tertiary/aromatic N) is 3. The number of ether oxygens (including phenoxy) is 1. The van der Waals surface area contributed by atoms with Gasteiger partial charge in [-0.15, -0.1) is 19.7 Å². The van der Waals surface area contributed by atoms with Gasteiger partial charge in [-0.3, -0.25) is 9.59 Å². The zero-order chi connectivity index (χ0) is 31.0. The number of carbonyl (C=O) groups is 2. The van der Waals surface area contributed by atoms with Crippen molar-refractivity contribution in [2.75, 3.05) is 58.1 Å². The van der Waals surface area contributed by atoms with Crippen molar-refractivity contribution in [1.82, 2.24) is 20.2 Å². The predicted octanol–water partition coefficient (Wildman–Crippen LogP) is 3.78. The number of aromatic nitrogens is 2. The number of rotatable bonds is 9. The van der Waals surface area contributed by atoms with Crippen LogP contribution in [-0.2, 0) is 16.0 Å². The van der Waals surface area contributed by atoms with Gasteiger partial charge in [-0.05, 0) is 65.5 Å². The summed E-state index contributed by atoms with van der Waals surface area (Å²) in [6, 6.07) is 7.75. The Kier molecular flexibility index (Phi) is 20.5. The Hall–Kier alpha value is -4.04. The molecule has 10 heteroatoms. The number of benzene rings is 1. The lowest BCUT2D eigenvalue weighted by Crippen LogP contribution is -2.33. The lowest BCUT2D eigenvalue weighted by Gasteiger charge is -2.25. The fourth-order valence-corrected chi connectivity index (χ4v) is 3.50. The van der Waals surface area contributed by atoms with Crippen LogP contribution in [0.15, 0.2) is 50.1 Å². The summed E-state index contributed by atoms with van der Waals surface area (Å²) in [5.74, 6) is 7.01. The maximum absolute atomic E-state index is 11.7. The Bertz CT molecular complexity index is 1120. The molecule has 1 amide bonds. The first kappa shape index (κ1) is 37.0. The number of carbonyl (C=O) groups excluding carboxylic acids is 2. The highest BCUT2D eigenvalue weighted by atomic mass is 16.5. The molecule has 0 saturated carbocycles. The van der Waals surface area contributed by atoms with E-state index in [2.05, 4.69) is 58.2 Å². The summed E-state index contributed by atoms with van der Waals surface area (Å²) in [4.78, 5) is 34.4. The molecule has 0 radical (unpaired) electrons. The molecule has 41 heavy (non-hydrogen) atoms. The zero-order valence-electron chi connectivity index (χ0n) is 25.3. The van der Waals surface area contributed by atoms with Crippen LogP contribution in [-0.4, -0.2) is 80.5 Å². The van der Waals surface area contributed by atoms with Crippen LogP contribution in [0.1, 0.15) is 48.4 Å². The molecule has 1 aromatic heterocycles. The molecule has 1 aliphatic rings. The van der Waals surface area contributed by atoms with Crippen molar-refractivity contribution in [3.8, 4) is 11.8 Å². The second-order valence-electron chi connectivity index (χ2n) is 8.69. The van der Waals surface area contributed by atoms with E-state index in [0.717, 1.165) is 43.0 Å². The van der Waals surface area contributed by atoms with Crippen LogP contribution < -0.4 is 21.7 Å². The number of hydrogen-bond acceptors (Lipinski definition) is 9. The number of aldehydes is 1. The van der Waals surface area contributed by atoms with Crippen LogP contribution in [0.2, 0.25) is 0 Å². The Morgan fingerprint density at radius 1 is 1.20 bits per heavy atom. The molecule has 0 aliphatic carbocycles. The van der Waals surface area contributed by atoms with Crippen molar-refractivity contribution in [3.05, 3.63) is 67.0 Å². The number of nitrogens with one attached hydrogen (secondary N) is 3. The number of hydrogen-bond donors (Lipinski definition) is 4.